The Labute approximate surface area is 143 Å². The largest absolute Gasteiger partial charge is 0.465 e. The lowest BCUT2D eigenvalue weighted by Crippen LogP contribution is -2.52. The van der Waals surface area contributed by atoms with E-state index >= 15 is 0 Å². The van der Waals surface area contributed by atoms with Crippen molar-refractivity contribution in [1.82, 2.24) is 10.2 Å². The summed E-state index contributed by atoms with van der Waals surface area (Å²) in [6.07, 6.45) is 2.50. The molecule has 0 spiro atoms. The molecule has 0 radical (unpaired) electrons. The number of rotatable bonds is 4. The zero-order valence-corrected chi connectivity index (χ0v) is 14.4. The summed E-state index contributed by atoms with van der Waals surface area (Å²) in [5.41, 5.74) is 2.23. The highest BCUT2D eigenvalue weighted by Crippen LogP contribution is 2.49. The minimum atomic E-state index is -0.871. The van der Waals surface area contributed by atoms with Crippen LogP contribution in [-0.4, -0.2) is 41.1 Å². The van der Waals surface area contributed by atoms with Gasteiger partial charge in [-0.1, -0.05) is 31.2 Å². The molecule has 1 heterocycles. The van der Waals surface area contributed by atoms with Gasteiger partial charge in [0, 0.05) is 19.1 Å². The van der Waals surface area contributed by atoms with Gasteiger partial charge in [-0.2, -0.15) is 0 Å². The lowest BCUT2D eigenvalue weighted by Gasteiger charge is -2.36. The van der Waals surface area contributed by atoms with E-state index < -0.39 is 6.09 Å². The van der Waals surface area contributed by atoms with Crippen molar-refractivity contribution in [3.63, 3.8) is 0 Å². The molecular formula is C19H26N2O3. The number of aryl methyl sites for hydroxylation is 1. The van der Waals surface area contributed by atoms with Crippen molar-refractivity contribution in [2.75, 3.05) is 13.1 Å². The summed E-state index contributed by atoms with van der Waals surface area (Å²) in [6, 6.07) is 8.32. The Balaban J connectivity index is 1.61. The molecule has 24 heavy (non-hydrogen) atoms. The Kier molecular flexibility index (Phi) is 4.52. The van der Waals surface area contributed by atoms with Crippen molar-refractivity contribution >= 4 is 12.0 Å². The van der Waals surface area contributed by atoms with Crippen LogP contribution < -0.4 is 5.32 Å². The molecule has 0 aromatic heterocycles. The molecule has 3 rings (SSSR count). The number of carboxylic acid groups (broad SMARTS) is 1. The molecule has 2 N–H and O–H groups in total. The molecular weight excluding hydrogens is 304 g/mol. The molecule has 5 heteroatoms. The number of likely N-dealkylation sites (tertiary alicyclic amines) is 1. The van der Waals surface area contributed by atoms with E-state index in [0.29, 0.717) is 19.5 Å². The standard InChI is InChI=1S/C19H26N2O3/c1-13-5-3-4-6-15(13)11-19(8-9-19)17(22)20-16-7-10-21(18(23)24)12-14(16)2/h3-6,14,16H,7-12H2,1-2H3,(H,20,22)(H,23,24)/t14-,16-/m0/s1. The first kappa shape index (κ1) is 16.8. The lowest BCUT2D eigenvalue weighted by molar-refractivity contribution is -0.127. The summed E-state index contributed by atoms with van der Waals surface area (Å²) in [4.78, 5) is 25.3. The number of carbonyl (C=O) groups excluding carboxylic acids is 1. The number of hydrogen-bond donors (Lipinski definition) is 2. The minimum absolute atomic E-state index is 0.0717. The maximum absolute atomic E-state index is 12.8. The molecule has 0 bridgehead atoms. The van der Waals surface area contributed by atoms with Crippen molar-refractivity contribution in [3.05, 3.63) is 35.4 Å². The predicted octanol–water partition coefficient (Wildman–Crippen LogP) is 2.82. The number of hydrogen-bond acceptors (Lipinski definition) is 2. The van der Waals surface area contributed by atoms with Crippen LogP contribution in [-0.2, 0) is 11.2 Å². The van der Waals surface area contributed by atoms with Crippen LogP contribution in [0.4, 0.5) is 4.79 Å². The second-order valence-corrected chi connectivity index (χ2v) is 7.46. The fourth-order valence-electron chi connectivity index (χ4n) is 3.66. The van der Waals surface area contributed by atoms with Crippen molar-refractivity contribution in [2.45, 2.75) is 45.6 Å². The SMILES string of the molecule is Cc1ccccc1CC1(C(=O)N[C@H]2CCN(C(=O)O)C[C@@H]2C)CC1. The summed E-state index contributed by atoms with van der Waals surface area (Å²) in [5.74, 6) is 0.291. The van der Waals surface area contributed by atoms with Crippen molar-refractivity contribution in [3.8, 4) is 0 Å². The number of piperidine rings is 1. The molecule has 2 aliphatic rings. The van der Waals surface area contributed by atoms with E-state index in [1.54, 1.807) is 0 Å². The Morgan fingerprint density at radius 2 is 2.04 bits per heavy atom. The molecule has 2 amide bonds. The molecule has 1 aliphatic heterocycles. The average Bonchev–Trinajstić information content (AvgIpc) is 3.32. The molecule has 5 nitrogen and oxygen atoms in total. The number of carbonyl (C=O) groups is 2. The van der Waals surface area contributed by atoms with Gasteiger partial charge in [0.2, 0.25) is 5.91 Å². The fourth-order valence-corrected chi connectivity index (χ4v) is 3.66. The van der Waals surface area contributed by atoms with Gasteiger partial charge >= 0.3 is 6.09 Å². The monoisotopic (exact) mass is 330 g/mol. The minimum Gasteiger partial charge on any atom is -0.465 e. The summed E-state index contributed by atoms with van der Waals surface area (Å²) < 4.78 is 0. The average molecular weight is 330 g/mol. The van der Waals surface area contributed by atoms with Gasteiger partial charge in [-0.3, -0.25) is 4.79 Å². The van der Waals surface area contributed by atoms with Crippen LogP contribution in [0.15, 0.2) is 24.3 Å². The van der Waals surface area contributed by atoms with Gasteiger partial charge in [0.25, 0.3) is 0 Å². The van der Waals surface area contributed by atoms with E-state index in [-0.39, 0.29) is 23.3 Å². The van der Waals surface area contributed by atoms with E-state index in [1.807, 2.05) is 19.1 Å². The number of benzene rings is 1. The van der Waals surface area contributed by atoms with Crippen LogP contribution in [0.2, 0.25) is 0 Å². The predicted molar refractivity (Wildman–Crippen MR) is 91.9 cm³/mol. The highest BCUT2D eigenvalue weighted by molar-refractivity contribution is 5.86. The Hall–Kier alpha value is -2.04. The molecule has 1 saturated heterocycles. The molecule has 0 unspecified atom stereocenters. The van der Waals surface area contributed by atoms with Gasteiger partial charge < -0.3 is 15.3 Å². The van der Waals surface area contributed by atoms with E-state index in [4.69, 9.17) is 5.11 Å². The molecule has 1 aromatic rings. The van der Waals surface area contributed by atoms with Crippen LogP contribution in [0.1, 0.15) is 37.3 Å². The summed E-state index contributed by atoms with van der Waals surface area (Å²) in [5, 5.41) is 12.3. The van der Waals surface area contributed by atoms with Gasteiger partial charge in [-0.15, -0.1) is 0 Å². The number of nitrogens with zero attached hydrogens (tertiary/aromatic N) is 1. The third-order valence-corrected chi connectivity index (χ3v) is 5.62. The Morgan fingerprint density at radius 3 is 2.62 bits per heavy atom. The number of amides is 2. The van der Waals surface area contributed by atoms with Gasteiger partial charge in [-0.05, 0) is 49.7 Å². The highest BCUT2D eigenvalue weighted by Gasteiger charge is 2.50. The molecule has 130 valence electrons. The zero-order chi connectivity index (χ0) is 17.3. The van der Waals surface area contributed by atoms with E-state index in [9.17, 15) is 9.59 Å². The molecule has 1 aliphatic carbocycles. The van der Waals surface area contributed by atoms with Gasteiger partial charge in [-0.25, -0.2) is 4.79 Å². The van der Waals surface area contributed by atoms with E-state index in [2.05, 4.69) is 24.4 Å². The van der Waals surface area contributed by atoms with E-state index in [0.717, 1.165) is 19.3 Å². The van der Waals surface area contributed by atoms with Crippen LogP contribution >= 0.6 is 0 Å². The molecule has 2 fully saturated rings. The van der Waals surface area contributed by atoms with Gasteiger partial charge in [0.05, 0.1) is 5.41 Å². The quantitative estimate of drug-likeness (QED) is 0.892. The summed E-state index contributed by atoms with van der Waals surface area (Å²) >= 11 is 0. The fraction of sp³-hybridized carbons (Fsp3) is 0.579. The normalized spacial score (nSPS) is 25.2. The van der Waals surface area contributed by atoms with Crippen molar-refractivity contribution in [2.24, 2.45) is 11.3 Å². The summed E-state index contributed by atoms with van der Waals surface area (Å²) in [6.45, 7) is 5.09. The first-order valence-corrected chi connectivity index (χ1v) is 8.75. The van der Waals surface area contributed by atoms with Crippen LogP contribution in [0.5, 0.6) is 0 Å². The molecule has 2 atom stereocenters. The van der Waals surface area contributed by atoms with Gasteiger partial charge in [0.1, 0.15) is 0 Å². The van der Waals surface area contributed by atoms with Crippen molar-refractivity contribution < 1.29 is 14.7 Å². The second-order valence-electron chi connectivity index (χ2n) is 7.46. The lowest BCUT2D eigenvalue weighted by atomic mass is 9.90. The summed E-state index contributed by atoms with van der Waals surface area (Å²) in [7, 11) is 0. The van der Waals surface area contributed by atoms with E-state index in [1.165, 1.54) is 16.0 Å². The van der Waals surface area contributed by atoms with Crippen molar-refractivity contribution in [1.29, 1.82) is 0 Å². The zero-order valence-electron chi connectivity index (χ0n) is 14.4. The third-order valence-electron chi connectivity index (χ3n) is 5.62. The van der Waals surface area contributed by atoms with Crippen LogP contribution in [0.3, 0.4) is 0 Å². The number of nitrogens with one attached hydrogen (secondary N) is 1. The van der Waals surface area contributed by atoms with Gasteiger partial charge in [0.15, 0.2) is 0 Å². The maximum Gasteiger partial charge on any atom is 0.407 e. The first-order valence-electron chi connectivity index (χ1n) is 8.75. The second kappa shape index (κ2) is 6.46. The topological polar surface area (TPSA) is 69.6 Å². The Bertz CT molecular complexity index is 639. The third kappa shape index (κ3) is 3.40. The molecule has 1 saturated carbocycles. The maximum atomic E-state index is 12.8. The first-order chi connectivity index (χ1) is 11.4. The smallest absolute Gasteiger partial charge is 0.407 e. The van der Waals surface area contributed by atoms with Crippen LogP contribution in [0, 0.1) is 18.3 Å². The molecule has 1 aromatic carbocycles. The Morgan fingerprint density at radius 1 is 1.33 bits per heavy atom. The van der Waals surface area contributed by atoms with Crippen LogP contribution in [0.25, 0.3) is 0 Å². The highest BCUT2D eigenvalue weighted by atomic mass is 16.4.